The largest absolute Gasteiger partial charge is 0.338 e. The molecule has 3 rings (SSSR count). The Labute approximate surface area is 154 Å². The third-order valence-corrected chi connectivity index (χ3v) is 4.57. The molecule has 0 radical (unpaired) electrons. The number of nitrogens with one attached hydrogen (secondary N) is 2. The van der Waals surface area contributed by atoms with Gasteiger partial charge in [0.15, 0.2) is 0 Å². The van der Waals surface area contributed by atoms with Gasteiger partial charge in [0, 0.05) is 35.9 Å². The molecule has 0 unspecified atom stereocenters. The minimum Gasteiger partial charge on any atom is -0.338 e. The molecule has 2 amide bonds. The first kappa shape index (κ1) is 18.1. The number of pyridine rings is 2. The number of amides is 2. The van der Waals surface area contributed by atoms with Gasteiger partial charge in [0.2, 0.25) is 0 Å². The summed E-state index contributed by atoms with van der Waals surface area (Å²) in [5, 5.41) is 8.85. The van der Waals surface area contributed by atoms with Gasteiger partial charge in [-0.15, -0.1) is 0 Å². The average molecular weight is 350 g/mol. The quantitative estimate of drug-likeness (QED) is 0.430. The van der Waals surface area contributed by atoms with E-state index >= 15 is 0 Å². The Kier molecular flexibility index (Phi) is 6.36. The first-order valence-corrected chi connectivity index (χ1v) is 9.46. The van der Waals surface area contributed by atoms with Gasteiger partial charge in [-0.2, -0.15) is 0 Å². The smallest absolute Gasteiger partial charge is 0.319 e. The van der Waals surface area contributed by atoms with Crippen LogP contribution < -0.4 is 10.6 Å². The van der Waals surface area contributed by atoms with Crippen LogP contribution in [0.5, 0.6) is 0 Å². The summed E-state index contributed by atoms with van der Waals surface area (Å²) in [5.41, 5.74) is 1.62. The van der Waals surface area contributed by atoms with E-state index in [4.69, 9.17) is 0 Å². The van der Waals surface area contributed by atoms with Gasteiger partial charge in [0.05, 0.1) is 11.2 Å². The van der Waals surface area contributed by atoms with Crippen LogP contribution in [0, 0.1) is 0 Å². The summed E-state index contributed by atoms with van der Waals surface area (Å²) >= 11 is 0. The second kappa shape index (κ2) is 9.13. The molecule has 136 valence electrons. The molecule has 0 saturated heterocycles. The lowest BCUT2D eigenvalue weighted by Gasteiger charge is -2.12. The highest BCUT2D eigenvalue weighted by molar-refractivity contribution is 6.12. The van der Waals surface area contributed by atoms with Crippen LogP contribution in [-0.4, -0.2) is 22.5 Å². The van der Waals surface area contributed by atoms with Crippen molar-refractivity contribution in [2.24, 2.45) is 0 Å². The van der Waals surface area contributed by atoms with E-state index in [1.54, 1.807) is 12.4 Å². The minimum atomic E-state index is -0.169. The maximum atomic E-state index is 12.3. The third kappa shape index (κ3) is 4.48. The average Bonchev–Trinajstić information content (AvgIpc) is 2.67. The maximum Gasteiger partial charge on any atom is 0.319 e. The molecule has 5 nitrogen and oxygen atoms in total. The van der Waals surface area contributed by atoms with Crippen LogP contribution in [-0.2, 0) is 0 Å². The first-order chi connectivity index (χ1) is 12.8. The molecule has 3 aromatic rings. The number of nitrogens with zero attached hydrogens (tertiary/aromatic N) is 2. The molecule has 0 aliphatic carbocycles. The van der Waals surface area contributed by atoms with Crippen LogP contribution in [0.1, 0.15) is 45.4 Å². The van der Waals surface area contributed by atoms with Crippen molar-refractivity contribution in [1.82, 2.24) is 15.3 Å². The van der Waals surface area contributed by atoms with Crippen LogP contribution >= 0.6 is 0 Å². The number of carbonyl (C=O) groups excluding carboxylic acids is 1. The zero-order chi connectivity index (χ0) is 18.2. The summed E-state index contributed by atoms with van der Waals surface area (Å²) in [6.07, 6.45) is 12.6. The lowest BCUT2D eigenvalue weighted by molar-refractivity contribution is 0.252. The molecule has 2 heterocycles. The molecule has 0 fully saturated rings. The van der Waals surface area contributed by atoms with E-state index in [-0.39, 0.29) is 6.03 Å². The summed E-state index contributed by atoms with van der Waals surface area (Å²) in [4.78, 5) is 20.9. The first-order valence-electron chi connectivity index (χ1n) is 9.46. The number of hydrogen-bond donors (Lipinski definition) is 2. The van der Waals surface area contributed by atoms with Crippen molar-refractivity contribution in [3.63, 3.8) is 0 Å². The standard InChI is InChI=1S/C21H26N4O/c1-2-3-4-5-6-7-11-24-21(26)25-19-14-16-10-13-22-15-18(16)20-17(19)9-8-12-23-20/h8-10,12-15H,2-7,11H2,1H3,(H2,24,25,26). The van der Waals surface area contributed by atoms with E-state index in [0.29, 0.717) is 6.54 Å². The van der Waals surface area contributed by atoms with Crippen molar-refractivity contribution in [1.29, 1.82) is 0 Å². The zero-order valence-corrected chi connectivity index (χ0v) is 15.3. The lowest BCUT2D eigenvalue weighted by atomic mass is 10.1. The molecule has 26 heavy (non-hydrogen) atoms. The fourth-order valence-corrected chi connectivity index (χ4v) is 3.18. The number of hydrogen-bond acceptors (Lipinski definition) is 3. The van der Waals surface area contributed by atoms with E-state index in [9.17, 15) is 4.79 Å². The molecule has 0 aliphatic heterocycles. The normalized spacial score (nSPS) is 11.0. The van der Waals surface area contributed by atoms with Gasteiger partial charge >= 0.3 is 6.03 Å². The fraction of sp³-hybridized carbons (Fsp3) is 0.381. The highest BCUT2D eigenvalue weighted by Crippen LogP contribution is 2.29. The SMILES string of the molecule is CCCCCCCCNC(=O)Nc1cc2ccncc2c2ncccc12. The Morgan fingerprint density at radius 2 is 1.88 bits per heavy atom. The zero-order valence-electron chi connectivity index (χ0n) is 15.3. The van der Waals surface area contributed by atoms with Gasteiger partial charge in [0.1, 0.15) is 0 Å². The van der Waals surface area contributed by atoms with Gasteiger partial charge < -0.3 is 10.6 Å². The Morgan fingerprint density at radius 3 is 2.77 bits per heavy atom. The Hall–Kier alpha value is -2.69. The van der Waals surface area contributed by atoms with Crippen molar-refractivity contribution >= 4 is 33.4 Å². The molecule has 1 aromatic carbocycles. The fourth-order valence-electron chi connectivity index (χ4n) is 3.18. The summed E-state index contributed by atoms with van der Waals surface area (Å²) in [6.45, 7) is 2.92. The van der Waals surface area contributed by atoms with Crippen LogP contribution in [0.15, 0.2) is 42.9 Å². The monoisotopic (exact) mass is 350 g/mol. The number of urea groups is 1. The van der Waals surface area contributed by atoms with Crippen molar-refractivity contribution in [2.45, 2.75) is 45.4 Å². The minimum absolute atomic E-state index is 0.169. The van der Waals surface area contributed by atoms with Crippen molar-refractivity contribution < 1.29 is 4.79 Å². The van der Waals surface area contributed by atoms with Crippen molar-refractivity contribution in [2.75, 3.05) is 11.9 Å². The predicted molar refractivity (Wildman–Crippen MR) is 107 cm³/mol. The highest BCUT2D eigenvalue weighted by atomic mass is 16.2. The Balaban J connectivity index is 1.63. The molecule has 0 saturated carbocycles. The van der Waals surface area contributed by atoms with Crippen molar-refractivity contribution in [3.8, 4) is 0 Å². The molecule has 0 bridgehead atoms. The molecule has 0 spiro atoms. The summed E-state index contributed by atoms with van der Waals surface area (Å²) in [6, 6.07) is 7.59. The van der Waals surface area contributed by atoms with Crippen LogP contribution in [0.2, 0.25) is 0 Å². The highest BCUT2D eigenvalue weighted by Gasteiger charge is 2.10. The number of rotatable bonds is 8. The predicted octanol–water partition coefficient (Wildman–Crippen LogP) is 5.27. The second-order valence-corrected chi connectivity index (χ2v) is 6.57. The van der Waals surface area contributed by atoms with Crippen LogP contribution in [0.25, 0.3) is 21.7 Å². The molecule has 2 aromatic heterocycles. The molecule has 0 aliphatic rings. The molecular weight excluding hydrogens is 324 g/mol. The maximum absolute atomic E-state index is 12.3. The number of unbranched alkanes of at least 4 members (excludes halogenated alkanes) is 5. The van der Waals surface area contributed by atoms with Gasteiger partial charge in [-0.25, -0.2) is 4.79 Å². The Bertz CT molecular complexity index is 878. The van der Waals surface area contributed by atoms with E-state index in [0.717, 1.165) is 40.2 Å². The number of fused-ring (bicyclic) bond motifs is 3. The molecule has 2 N–H and O–H groups in total. The van der Waals surface area contributed by atoms with Crippen LogP contribution in [0.4, 0.5) is 10.5 Å². The van der Waals surface area contributed by atoms with Gasteiger partial charge in [-0.05, 0) is 36.1 Å². The van der Waals surface area contributed by atoms with E-state index in [2.05, 4.69) is 27.5 Å². The molecule has 5 heteroatoms. The molecule has 0 atom stereocenters. The van der Waals surface area contributed by atoms with Crippen molar-refractivity contribution in [3.05, 3.63) is 42.9 Å². The summed E-state index contributed by atoms with van der Waals surface area (Å²) in [7, 11) is 0. The summed E-state index contributed by atoms with van der Waals surface area (Å²) < 4.78 is 0. The third-order valence-electron chi connectivity index (χ3n) is 4.57. The summed E-state index contributed by atoms with van der Waals surface area (Å²) in [5.74, 6) is 0. The van der Waals surface area contributed by atoms with Gasteiger partial charge in [-0.3, -0.25) is 9.97 Å². The van der Waals surface area contributed by atoms with E-state index in [1.807, 2.05) is 30.5 Å². The van der Waals surface area contributed by atoms with E-state index in [1.165, 1.54) is 25.7 Å². The number of aromatic nitrogens is 2. The number of anilines is 1. The number of carbonyl (C=O) groups is 1. The van der Waals surface area contributed by atoms with Gasteiger partial charge in [0.25, 0.3) is 0 Å². The van der Waals surface area contributed by atoms with E-state index < -0.39 is 0 Å². The van der Waals surface area contributed by atoms with Gasteiger partial charge in [-0.1, -0.05) is 39.0 Å². The Morgan fingerprint density at radius 1 is 1.04 bits per heavy atom. The molecular formula is C21H26N4O. The lowest BCUT2D eigenvalue weighted by Crippen LogP contribution is -2.29. The topological polar surface area (TPSA) is 66.9 Å². The number of benzene rings is 1. The van der Waals surface area contributed by atoms with Crippen LogP contribution in [0.3, 0.4) is 0 Å². The second-order valence-electron chi connectivity index (χ2n) is 6.57.